The maximum absolute atomic E-state index is 13.5. The molecule has 21 nitrogen and oxygen atoms in total. The van der Waals surface area contributed by atoms with Crippen molar-refractivity contribution in [2.45, 2.75) is 77.4 Å². The molecule has 0 bridgehead atoms. The van der Waals surface area contributed by atoms with E-state index < -0.39 is 90.9 Å². The molecule has 0 saturated carbocycles. The molecule has 0 spiro atoms. The molecule has 9 amide bonds. The molecular formula is C27H45N9O12. The summed E-state index contributed by atoms with van der Waals surface area (Å²) in [4.78, 5) is 111. The molecule has 1 aliphatic rings. The van der Waals surface area contributed by atoms with Crippen LogP contribution in [0.4, 0.5) is 0 Å². The first-order valence-corrected chi connectivity index (χ1v) is 15.1. The van der Waals surface area contributed by atoms with Gasteiger partial charge in [0.2, 0.25) is 53.2 Å². The number of carbonyl (C=O) groups is 9. The van der Waals surface area contributed by atoms with Crippen molar-refractivity contribution in [3.05, 3.63) is 0 Å². The number of nitrogens with one attached hydrogen (secondary N) is 6. The van der Waals surface area contributed by atoms with Crippen LogP contribution in [0.1, 0.15) is 59.3 Å². The lowest BCUT2D eigenvalue weighted by molar-refractivity contribution is -0.163. The Morgan fingerprint density at radius 2 is 0.833 bits per heavy atom. The zero-order valence-corrected chi connectivity index (χ0v) is 27.1. The molecule has 1 rings (SSSR count). The molecule has 3 unspecified atom stereocenters. The number of nitrogens with zero attached hydrogens (tertiary/aromatic N) is 3. The fraction of sp³-hybridized carbons (Fsp3) is 0.667. The van der Waals surface area contributed by atoms with Crippen LogP contribution in [0, 0.1) is 0 Å². The Bertz CT molecular complexity index is 1180. The van der Waals surface area contributed by atoms with Crippen molar-refractivity contribution in [2.24, 2.45) is 0 Å². The molecular weight excluding hydrogens is 642 g/mol. The monoisotopic (exact) mass is 687 g/mol. The molecule has 21 heteroatoms. The van der Waals surface area contributed by atoms with E-state index in [1.165, 1.54) is 0 Å². The number of hydrogen-bond donors (Lipinski definition) is 9. The minimum Gasteiger partial charge on any atom is -0.346 e. The second-order valence-corrected chi connectivity index (χ2v) is 10.9. The minimum atomic E-state index is -1.41. The Balaban J connectivity index is 3.36. The van der Waals surface area contributed by atoms with Gasteiger partial charge in [0.25, 0.3) is 0 Å². The highest BCUT2D eigenvalue weighted by molar-refractivity contribution is 5.96. The highest BCUT2D eigenvalue weighted by Gasteiger charge is 2.30. The van der Waals surface area contributed by atoms with Crippen LogP contribution in [0.2, 0.25) is 0 Å². The maximum atomic E-state index is 13.5. The van der Waals surface area contributed by atoms with Crippen LogP contribution in [0.25, 0.3) is 0 Å². The Hall–Kier alpha value is -4.89. The van der Waals surface area contributed by atoms with Crippen molar-refractivity contribution in [3.8, 4) is 0 Å². The molecule has 1 saturated heterocycles. The fourth-order valence-electron chi connectivity index (χ4n) is 4.18. The van der Waals surface area contributed by atoms with Crippen LogP contribution in [0.5, 0.6) is 0 Å². The normalized spacial score (nSPS) is 20.0. The summed E-state index contributed by atoms with van der Waals surface area (Å²) >= 11 is 0. The lowest BCUT2D eigenvalue weighted by Gasteiger charge is -2.26. The molecule has 48 heavy (non-hydrogen) atoms. The second-order valence-electron chi connectivity index (χ2n) is 10.9. The van der Waals surface area contributed by atoms with Crippen molar-refractivity contribution >= 4 is 53.2 Å². The summed E-state index contributed by atoms with van der Waals surface area (Å²) in [6.45, 7) is 0.894. The van der Waals surface area contributed by atoms with Gasteiger partial charge in [-0.3, -0.25) is 58.8 Å². The Kier molecular flexibility index (Phi) is 18.1. The maximum Gasteiger partial charge on any atom is 0.243 e. The summed E-state index contributed by atoms with van der Waals surface area (Å²) < 4.78 is 0. The van der Waals surface area contributed by atoms with E-state index >= 15 is 0 Å². The zero-order chi connectivity index (χ0) is 36.4. The van der Waals surface area contributed by atoms with Gasteiger partial charge in [0.05, 0.1) is 19.6 Å². The lowest BCUT2D eigenvalue weighted by Crippen LogP contribution is -2.58. The van der Waals surface area contributed by atoms with Gasteiger partial charge >= 0.3 is 0 Å². The lowest BCUT2D eigenvalue weighted by atomic mass is 10.1. The van der Waals surface area contributed by atoms with Crippen LogP contribution >= 0.6 is 0 Å². The van der Waals surface area contributed by atoms with Gasteiger partial charge in [0.15, 0.2) is 0 Å². The molecule has 3 atom stereocenters. The Labute approximate surface area is 275 Å². The van der Waals surface area contributed by atoms with Gasteiger partial charge in [0.1, 0.15) is 18.1 Å². The van der Waals surface area contributed by atoms with Gasteiger partial charge in [-0.15, -0.1) is 0 Å². The van der Waals surface area contributed by atoms with Gasteiger partial charge in [-0.1, -0.05) is 0 Å². The van der Waals surface area contributed by atoms with Crippen molar-refractivity contribution < 1.29 is 58.8 Å². The van der Waals surface area contributed by atoms with Crippen LogP contribution in [0.15, 0.2) is 0 Å². The second kappa shape index (κ2) is 21.1. The Morgan fingerprint density at radius 3 is 1.21 bits per heavy atom. The molecule has 1 fully saturated rings. The molecule has 1 heterocycles. The third-order valence-corrected chi connectivity index (χ3v) is 6.91. The number of rotatable bonds is 12. The molecule has 0 aromatic rings. The zero-order valence-electron chi connectivity index (χ0n) is 27.1. The van der Waals surface area contributed by atoms with E-state index in [2.05, 4.69) is 31.9 Å². The van der Waals surface area contributed by atoms with E-state index in [-0.39, 0.29) is 58.2 Å². The highest BCUT2D eigenvalue weighted by atomic mass is 16.5. The van der Waals surface area contributed by atoms with Gasteiger partial charge in [-0.05, 0) is 38.5 Å². The molecule has 0 radical (unpaired) electrons. The van der Waals surface area contributed by atoms with Gasteiger partial charge in [0, 0.05) is 40.4 Å². The van der Waals surface area contributed by atoms with Crippen molar-refractivity contribution in [1.82, 2.24) is 47.1 Å². The summed E-state index contributed by atoms with van der Waals surface area (Å²) in [7, 11) is 0. The third-order valence-electron chi connectivity index (χ3n) is 6.91. The van der Waals surface area contributed by atoms with Crippen LogP contribution < -0.4 is 31.9 Å². The van der Waals surface area contributed by atoms with Gasteiger partial charge in [-0.25, -0.2) is 15.2 Å². The minimum absolute atomic E-state index is 0.00612. The average Bonchev–Trinajstić information content (AvgIpc) is 3.02. The molecule has 0 aromatic heterocycles. The largest absolute Gasteiger partial charge is 0.346 e. The first-order chi connectivity index (χ1) is 22.5. The van der Waals surface area contributed by atoms with Crippen LogP contribution in [0.3, 0.4) is 0 Å². The fourth-order valence-corrected chi connectivity index (χ4v) is 4.18. The number of hydrogen-bond acceptors (Lipinski definition) is 12. The summed E-state index contributed by atoms with van der Waals surface area (Å²) in [5.74, 6) is -7.02. The van der Waals surface area contributed by atoms with E-state index in [1.54, 1.807) is 0 Å². The summed E-state index contributed by atoms with van der Waals surface area (Å²) in [5.41, 5.74) is 0. The van der Waals surface area contributed by atoms with Crippen molar-refractivity contribution in [2.75, 3.05) is 39.3 Å². The van der Waals surface area contributed by atoms with Crippen LogP contribution in [-0.2, 0) is 43.2 Å². The quantitative estimate of drug-likeness (QED) is 0.0698. The van der Waals surface area contributed by atoms with E-state index in [1.807, 2.05) is 0 Å². The number of amides is 9. The average molecular weight is 688 g/mol. The van der Waals surface area contributed by atoms with E-state index in [9.17, 15) is 58.8 Å². The number of hydroxylamine groups is 6. The van der Waals surface area contributed by atoms with Gasteiger partial charge < -0.3 is 31.9 Å². The molecule has 0 aliphatic carbocycles. The van der Waals surface area contributed by atoms with Crippen LogP contribution in [-0.4, -0.2) is 141 Å². The molecule has 9 N–H and O–H groups in total. The molecule has 270 valence electrons. The summed E-state index contributed by atoms with van der Waals surface area (Å²) in [6.07, 6.45) is -0.483. The first-order valence-electron chi connectivity index (χ1n) is 15.1. The summed E-state index contributed by atoms with van der Waals surface area (Å²) in [5, 5.41) is 44.5. The van der Waals surface area contributed by atoms with E-state index in [0.29, 0.717) is 15.2 Å². The SMILES string of the molecule is CC(=O)N(O)CCCC1NC(=O)CNC(=O)CNC(=O)CNC(=O)C(CCCN(O)C(C)=O)NC(=O)C(CCCN(O)C(C)=O)NC1=O. The summed E-state index contributed by atoms with van der Waals surface area (Å²) in [6, 6.07) is -4.11. The first kappa shape index (κ1) is 41.1. The highest BCUT2D eigenvalue weighted by Crippen LogP contribution is 2.07. The van der Waals surface area contributed by atoms with Gasteiger partial charge in [-0.2, -0.15) is 0 Å². The van der Waals surface area contributed by atoms with E-state index in [0.717, 1.165) is 20.8 Å². The standard InChI is InChI=1S/C27H45N9O12/c1-16(37)34(46)10-4-7-19-25(43)30-14-23(41)28-13-22(40)29-15-24(42)31-20(8-5-11-35(47)17(2)38)26(44)33-21(27(45)32-19)9-6-12-36(48)18(3)39/h19-21,46-48H,4-15H2,1-3H3,(H,28,41)(H,29,40)(H,30,43)(H,31,42)(H,32,45)(H,33,44). The van der Waals surface area contributed by atoms with Crippen molar-refractivity contribution in [3.63, 3.8) is 0 Å². The predicted octanol–water partition coefficient (Wildman–Crippen LogP) is -4.14. The third kappa shape index (κ3) is 16.1. The van der Waals surface area contributed by atoms with E-state index in [4.69, 9.17) is 0 Å². The molecule has 1 aliphatic heterocycles. The number of carbonyl (C=O) groups excluding carboxylic acids is 9. The smallest absolute Gasteiger partial charge is 0.243 e. The van der Waals surface area contributed by atoms with Crippen molar-refractivity contribution in [1.29, 1.82) is 0 Å². The Morgan fingerprint density at radius 1 is 0.521 bits per heavy atom. The predicted molar refractivity (Wildman–Crippen MR) is 160 cm³/mol. The topological polar surface area (TPSA) is 296 Å². The molecule has 0 aromatic carbocycles.